The number of halogens is 2. The second-order valence-corrected chi connectivity index (χ2v) is 3.51. The molecule has 0 amide bonds. The van der Waals surface area contributed by atoms with Gasteiger partial charge in [-0.1, -0.05) is 37.9 Å². The molecule has 0 aliphatic carbocycles. The molecule has 0 nitrogen and oxygen atoms in total. The van der Waals surface area contributed by atoms with Crippen molar-refractivity contribution in [1.29, 1.82) is 0 Å². The van der Waals surface area contributed by atoms with Crippen molar-refractivity contribution in [1.82, 2.24) is 0 Å². The van der Waals surface area contributed by atoms with Crippen LogP contribution in [0.1, 0.15) is 5.56 Å². The summed E-state index contributed by atoms with van der Waals surface area (Å²) < 4.78 is 2.11. The quantitative estimate of drug-likeness (QED) is 0.660. The molecule has 0 aliphatic rings. The first-order valence-corrected chi connectivity index (χ1v) is 4.06. The molecule has 1 rings (SSSR count). The molecule has 0 fully saturated rings. The highest BCUT2D eigenvalue weighted by molar-refractivity contribution is 9.11. The highest BCUT2D eigenvalue weighted by Gasteiger charge is 1.92. The second kappa shape index (κ2) is 2.84. The summed E-state index contributed by atoms with van der Waals surface area (Å²) in [5.41, 5.74) is 1.01. The molecule has 0 spiro atoms. The minimum Gasteiger partial charge on any atom is -0.0568 e. The predicted octanol–water partition coefficient (Wildman–Crippen LogP) is 3.39. The van der Waals surface area contributed by atoms with Crippen LogP contribution in [0.5, 0.6) is 0 Å². The van der Waals surface area contributed by atoms with Gasteiger partial charge in [-0.05, 0) is 24.6 Å². The second-order valence-electron chi connectivity index (χ2n) is 1.74. The zero-order chi connectivity index (χ0) is 6.85. The Hall–Kier alpha value is 0.180. The largest absolute Gasteiger partial charge is 0.0568 e. The van der Waals surface area contributed by atoms with E-state index in [1.807, 2.05) is 18.2 Å². The van der Waals surface area contributed by atoms with Gasteiger partial charge in [-0.3, -0.25) is 0 Å². The van der Waals surface area contributed by atoms with Gasteiger partial charge in [-0.2, -0.15) is 0 Å². The molecule has 0 saturated carbocycles. The molecule has 0 aliphatic heterocycles. The SMILES string of the molecule is [CH2]c1ccc(Br)cc1Br. The van der Waals surface area contributed by atoms with E-state index in [1.54, 1.807) is 0 Å². The maximum Gasteiger partial charge on any atom is 0.0218 e. The average Bonchev–Trinajstić information content (AvgIpc) is 1.80. The van der Waals surface area contributed by atoms with Crippen LogP contribution in [0.4, 0.5) is 0 Å². The van der Waals surface area contributed by atoms with Crippen LogP contribution in [0.3, 0.4) is 0 Å². The molecule has 9 heavy (non-hydrogen) atoms. The smallest absolute Gasteiger partial charge is 0.0218 e. The first-order valence-electron chi connectivity index (χ1n) is 2.47. The van der Waals surface area contributed by atoms with Crippen molar-refractivity contribution in [2.24, 2.45) is 0 Å². The average molecular weight is 249 g/mol. The molecular weight excluding hydrogens is 244 g/mol. The Morgan fingerprint density at radius 1 is 1.22 bits per heavy atom. The molecule has 0 atom stereocenters. The fraction of sp³-hybridized carbons (Fsp3) is 0. The standard InChI is InChI=1S/C7H5Br2/c1-5-2-3-6(8)4-7(5)9/h2-4H,1H2. The molecule has 0 heterocycles. The van der Waals surface area contributed by atoms with Gasteiger partial charge in [0.05, 0.1) is 0 Å². The molecule has 47 valence electrons. The molecule has 0 unspecified atom stereocenters. The third kappa shape index (κ3) is 1.80. The Balaban J connectivity index is 3.17. The fourth-order valence-corrected chi connectivity index (χ4v) is 1.57. The number of hydrogen-bond donors (Lipinski definition) is 0. The highest BCUT2D eigenvalue weighted by atomic mass is 79.9. The lowest BCUT2D eigenvalue weighted by atomic mass is 10.2. The van der Waals surface area contributed by atoms with E-state index in [4.69, 9.17) is 0 Å². The number of benzene rings is 1. The summed E-state index contributed by atoms with van der Waals surface area (Å²) in [5.74, 6) is 0. The molecule has 1 radical (unpaired) electrons. The van der Waals surface area contributed by atoms with E-state index in [9.17, 15) is 0 Å². The van der Waals surface area contributed by atoms with Crippen molar-refractivity contribution in [2.75, 3.05) is 0 Å². The Labute approximate surface area is 71.5 Å². The van der Waals surface area contributed by atoms with Crippen molar-refractivity contribution in [2.45, 2.75) is 0 Å². The first kappa shape index (κ1) is 7.29. The Kier molecular flexibility index (Phi) is 2.30. The third-order valence-corrected chi connectivity index (χ3v) is 2.25. The summed E-state index contributed by atoms with van der Waals surface area (Å²) in [6, 6.07) is 5.89. The Bertz CT molecular complexity index is 218. The van der Waals surface area contributed by atoms with Crippen molar-refractivity contribution < 1.29 is 0 Å². The first-order chi connectivity index (χ1) is 4.20. The zero-order valence-corrected chi connectivity index (χ0v) is 7.87. The third-order valence-electron chi connectivity index (χ3n) is 1.02. The van der Waals surface area contributed by atoms with Gasteiger partial charge in [0.15, 0.2) is 0 Å². The highest BCUT2D eigenvalue weighted by Crippen LogP contribution is 2.20. The minimum absolute atomic E-state index is 1.01. The molecular formula is C7H5Br2. The number of hydrogen-bond acceptors (Lipinski definition) is 0. The van der Waals surface area contributed by atoms with Gasteiger partial charge in [0, 0.05) is 8.95 Å². The van der Waals surface area contributed by atoms with Crippen molar-refractivity contribution in [3.8, 4) is 0 Å². The van der Waals surface area contributed by atoms with E-state index in [0.717, 1.165) is 14.5 Å². The minimum atomic E-state index is 1.01. The van der Waals surface area contributed by atoms with Crippen LogP contribution in [-0.2, 0) is 0 Å². The van der Waals surface area contributed by atoms with Gasteiger partial charge in [0.1, 0.15) is 0 Å². The van der Waals surface area contributed by atoms with E-state index >= 15 is 0 Å². The Morgan fingerprint density at radius 3 is 2.33 bits per heavy atom. The molecule has 1 aromatic carbocycles. The molecule has 0 bridgehead atoms. The van der Waals surface area contributed by atoms with Crippen LogP contribution < -0.4 is 0 Å². The van der Waals surface area contributed by atoms with Crippen molar-refractivity contribution in [3.63, 3.8) is 0 Å². The molecule has 2 heteroatoms. The van der Waals surface area contributed by atoms with Crippen molar-refractivity contribution >= 4 is 31.9 Å². The van der Waals surface area contributed by atoms with Gasteiger partial charge in [-0.25, -0.2) is 0 Å². The van der Waals surface area contributed by atoms with E-state index < -0.39 is 0 Å². The molecule has 0 aromatic heterocycles. The van der Waals surface area contributed by atoms with E-state index in [1.165, 1.54) is 0 Å². The summed E-state index contributed by atoms with van der Waals surface area (Å²) in [4.78, 5) is 0. The molecule has 1 aromatic rings. The van der Waals surface area contributed by atoms with Gasteiger partial charge in [-0.15, -0.1) is 0 Å². The topological polar surface area (TPSA) is 0 Å². The predicted molar refractivity (Wildman–Crippen MR) is 46.3 cm³/mol. The van der Waals surface area contributed by atoms with E-state index in [-0.39, 0.29) is 0 Å². The van der Waals surface area contributed by atoms with Crippen LogP contribution in [0.15, 0.2) is 27.1 Å². The lowest BCUT2D eigenvalue weighted by molar-refractivity contribution is 1.53. The van der Waals surface area contributed by atoms with Crippen LogP contribution >= 0.6 is 31.9 Å². The fourth-order valence-electron chi connectivity index (χ4n) is 0.522. The van der Waals surface area contributed by atoms with Crippen LogP contribution in [-0.4, -0.2) is 0 Å². The van der Waals surface area contributed by atoms with E-state index in [0.29, 0.717) is 0 Å². The maximum absolute atomic E-state index is 3.79. The monoisotopic (exact) mass is 247 g/mol. The summed E-state index contributed by atoms with van der Waals surface area (Å²) in [6.07, 6.45) is 0. The van der Waals surface area contributed by atoms with Gasteiger partial charge < -0.3 is 0 Å². The van der Waals surface area contributed by atoms with Gasteiger partial charge in [0.2, 0.25) is 0 Å². The van der Waals surface area contributed by atoms with E-state index in [2.05, 4.69) is 38.8 Å². The van der Waals surface area contributed by atoms with Gasteiger partial charge >= 0.3 is 0 Å². The molecule has 0 N–H and O–H groups in total. The summed E-state index contributed by atoms with van der Waals surface area (Å²) >= 11 is 6.69. The summed E-state index contributed by atoms with van der Waals surface area (Å²) in [7, 11) is 0. The Morgan fingerprint density at radius 2 is 1.89 bits per heavy atom. The number of rotatable bonds is 0. The normalized spacial score (nSPS) is 9.67. The van der Waals surface area contributed by atoms with Crippen LogP contribution in [0.25, 0.3) is 0 Å². The zero-order valence-electron chi connectivity index (χ0n) is 4.70. The summed E-state index contributed by atoms with van der Waals surface area (Å²) in [5, 5.41) is 0. The van der Waals surface area contributed by atoms with Crippen molar-refractivity contribution in [3.05, 3.63) is 39.6 Å². The van der Waals surface area contributed by atoms with Crippen LogP contribution in [0.2, 0.25) is 0 Å². The summed E-state index contributed by atoms with van der Waals surface area (Å²) in [6.45, 7) is 3.79. The lowest BCUT2D eigenvalue weighted by Crippen LogP contribution is -1.72. The maximum atomic E-state index is 3.79. The van der Waals surface area contributed by atoms with Crippen LogP contribution in [0, 0.1) is 6.92 Å². The van der Waals surface area contributed by atoms with Gasteiger partial charge in [0.25, 0.3) is 0 Å². The lowest BCUT2D eigenvalue weighted by Gasteiger charge is -1.95. The molecule has 0 saturated heterocycles.